The Bertz CT molecular complexity index is 403. The zero-order valence-electron chi connectivity index (χ0n) is 10.2. The molecule has 0 aliphatic heterocycles. The number of benzene rings is 1. The van der Waals surface area contributed by atoms with Crippen LogP contribution in [0.25, 0.3) is 0 Å². The van der Waals surface area contributed by atoms with E-state index in [9.17, 15) is 4.79 Å². The third-order valence-electron chi connectivity index (χ3n) is 3.53. The van der Waals surface area contributed by atoms with Crippen molar-refractivity contribution in [3.63, 3.8) is 0 Å². The second-order valence-corrected chi connectivity index (χ2v) is 4.59. The maximum atomic E-state index is 11.9. The molecule has 3 heteroatoms. The molecule has 0 amide bonds. The molecule has 1 fully saturated rings. The molecule has 0 aromatic heterocycles. The van der Waals surface area contributed by atoms with Crippen LogP contribution in [0.4, 0.5) is 0 Å². The molecule has 0 unspecified atom stereocenters. The van der Waals surface area contributed by atoms with Crippen molar-refractivity contribution >= 4 is 5.78 Å². The monoisotopic (exact) mass is 233 g/mol. The predicted octanol–water partition coefficient (Wildman–Crippen LogP) is 2.45. The molecule has 1 saturated carbocycles. The first-order valence-corrected chi connectivity index (χ1v) is 6.15. The maximum Gasteiger partial charge on any atom is 0.137 e. The number of nitrogens with two attached hydrogens (primary N) is 1. The molecule has 0 spiro atoms. The minimum atomic E-state index is -0.237. The van der Waals surface area contributed by atoms with Gasteiger partial charge in [-0.15, -0.1) is 0 Å². The molecule has 92 valence electrons. The Balaban J connectivity index is 2.23. The third-order valence-corrected chi connectivity index (χ3v) is 3.53. The predicted molar refractivity (Wildman–Crippen MR) is 66.9 cm³/mol. The molecule has 2 atom stereocenters. The van der Waals surface area contributed by atoms with Crippen LogP contribution in [0.5, 0.6) is 5.75 Å². The van der Waals surface area contributed by atoms with Crippen LogP contribution in [-0.4, -0.2) is 12.9 Å². The first kappa shape index (κ1) is 12.1. The topological polar surface area (TPSA) is 52.3 Å². The van der Waals surface area contributed by atoms with Gasteiger partial charge in [-0.05, 0) is 18.9 Å². The number of hydrogen-bond donors (Lipinski definition) is 1. The molecule has 2 N–H and O–H groups in total. The van der Waals surface area contributed by atoms with Gasteiger partial charge in [0.2, 0.25) is 0 Å². The average molecular weight is 233 g/mol. The Labute approximate surface area is 102 Å². The van der Waals surface area contributed by atoms with Crippen LogP contribution in [0.15, 0.2) is 24.3 Å². The van der Waals surface area contributed by atoms with Crippen molar-refractivity contribution < 1.29 is 9.53 Å². The van der Waals surface area contributed by atoms with E-state index < -0.39 is 0 Å². The number of carbonyl (C=O) groups excluding carboxylic acids is 1. The lowest BCUT2D eigenvalue weighted by atomic mass is 9.80. The summed E-state index contributed by atoms with van der Waals surface area (Å²) in [5.74, 6) is 1.04. The van der Waals surface area contributed by atoms with Gasteiger partial charge in [-0.1, -0.05) is 24.6 Å². The van der Waals surface area contributed by atoms with Gasteiger partial charge < -0.3 is 10.5 Å². The van der Waals surface area contributed by atoms with Gasteiger partial charge in [-0.25, -0.2) is 0 Å². The SMILES string of the molecule is COc1ccccc1[C@@H](N)[C@H]1CCCCC1=O. The van der Waals surface area contributed by atoms with Crippen molar-refractivity contribution in [2.75, 3.05) is 7.11 Å². The first-order valence-electron chi connectivity index (χ1n) is 6.15. The molecule has 2 rings (SSSR count). The third kappa shape index (κ3) is 2.50. The summed E-state index contributed by atoms with van der Waals surface area (Å²) in [5, 5.41) is 0. The number of rotatable bonds is 3. The summed E-state index contributed by atoms with van der Waals surface area (Å²) in [6, 6.07) is 7.45. The van der Waals surface area contributed by atoms with Crippen molar-refractivity contribution in [3.05, 3.63) is 29.8 Å². The summed E-state index contributed by atoms with van der Waals surface area (Å²) >= 11 is 0. The number of Topliss-reactive ketones (excluding diaryl/α,β-unsaturated/α-hetero) is 1. The minimum absolute atomic E-state index is 0.0416. The molecule has 3 nitrogen and oxygen atoms in total. The van der Waals surface area contributed by atoms with Crippen LogP contribution in [-0.2, 0) is 4.79 Å². The first-order chi connectivity index (χ1) is 8.24. The van der Waals surface area contributed by atoms with Crippen molar-refractivity contribution in [3.8, 4) is 5.75 Å². The summed E-state index contributed by atoms with van der Waals surface area (Å²) in [4.78, 5) is 11.9. The van der Waals surface area contributed by atoms with Crippen LogP contribution < -0.4 is 10.5 Å². The molecule has 0 heterocycles. The highest BCUT2D eigenvalue weighted by Crippen LogP contribution is 2.34. The molecule has 1 aromatic rings. The summed E-state index contributed by atoms with van der Waals surface area (Å²) in [7, 11) is 1.63. The Morgan fingerprint density at radius 2 is 2.12 bits per heavy atom. The summed E-state index contributed by atoms with van der Waals surface area (Å²) in [5.41, 5.74) is 7.18. The van der Waals surface area contributed by atoms with E-state index in [4.69, 9.17) is 10.5 Å². The minimum Gasteiger partial charge on any atom is -0.496 e. The van der Waals surface area contributed by atoms with Crippen LogP contribution in [0.2, 0.25) is 0 Å². The molecule has 0 bridgehead atoms. The molecule has 1 aliphatic rings. The quantitative estimate of drug-likeness (QED) is 0.872. The number of para-hydroxylation sites is 1. The molecule has 1 aliphatic carbocycles. The summed E-state index contributed by atoms with van der Waals surface area (Å²) in [6.07, 6.45) is 3.68. The van der Waals surface area contributed by atoms with E-state index in [-0.39, 0.29) is 12.0 Å². The zero-order chi connectivity index (χ0) is 12.3. The van der Waals surface area contributed by atoms with Gasteiger partial charge in [-0.2, -0.15) is 0 Å². The Hall–Kier alpha value is -1.35. The van der Waals surface area contributed by atoms with Gasteiger partial charge in [0.15, 0.2) is 0 Å². The van der Waals surface area contributed by atoms with E-state index >= 15 is 0 Å². The molecule has 1 aromatic carbocycles. The number of ketones is 1. The Kier molecular flexibility index (Phi) is 3.79. The van der Waals surface area contributed by atoms with Gasteiger partial charge in [-0.3, -0.25) is 4.79 Å². The van der Waals surface area contributed by atoms with Gasteiger partial charge in [0.05, 0.1) is 7.11 Å². The number of carbonyl (C=O) groups is 1. The van der Waals surface area contributed by atoms with E-state index in [2.05, 4.69) is 0 Å². The van der Waals surface area contributed by atoms with E-state index in [1.54, 1.807) is 7.11 Å². The maximum absolute atomic E-state index is 11.9. The smallest absolute Gasteiger partial charge is 0.137 e. The highest BCUT2D eigenvalue weighted by Gasteiger charge is 2.30. The number of methoxy groups -OCH3 is 1. The van der Waals surface area contributed by atoms with Crippen molar-refractivity contribution in [1.29, 1.82) is 0 Å². The lowest BCUT2D eigenvalue weighted by molar-refractivity contribution is -0.125. The molecule has 0 radical (unpaired) electrons. The second-order valence-electron chi connectivity index (χ2n) is 4.59. The van der Waals surface area contributed by atoms with E-state index in [0.29, 0.717) is 12.2 Å². The Morgan fingerprint density at radius 1 is 1.35 bits per heavy atom. The van der Waals surface area contributed by atoms with Crippen molar-refractivity contribution in [1.82, 2.24) is 0 Å². The standard InChI is InChI=1S/C14H19NO2/c1-17-13-9-5-3-7-11(13)14(15)10-6-2-4-8-12(10)16/h3,5,7,9-10,14H,2,4,6,8,15H2,1H3/t10-,14-/m0/s1. The average Bonchev–Trinajstić information content (AvgIpc) is 2.38. The van der Waals surface area contributed by atoms with Gasteiger partial charge in [0.1, 0.15) is 11.5 Å². The highest BCUT2D eigenvalue weighted by atomic mass is 16.5. The molecular formula is C14H19NO2. The lowest BCUT2D eigenvalue weighted by Crippen LogP contribution is -2.31. The number of hydrogen-bond acceptors (Lipinski definition) is 3. The van der Waals surface area contributed by atoms with Gasteiger partial charge in [0.25, 0.3) is 0 Å². The fourth-order valence-electron chi connectivity index (χ4n) is 2.55. The lowest BCUT2D eigenvalue weighted by Gasteiger charge is -2.27. The second kappa shape index (κ2) is 5.32. The van der Waals surface area contributed by atoms with Crippen molar-refractivity contribution in [2.45, 2.75) is 31.7 Å². The van der Waals surface area contributed by atoms with Crippen LogP contribution in [0.1, 0.15) is 37.3 Å². The summed E-state index contributed by atoms with van der Waals surface area (Å²) in [6.45, 7) is 0. The van der Waals surface area contributed by atoms with Crippen LogP contribution in [0, 0.1) is 5.92 Å². The fourth-order valence-corrected chi connectivity index (χ4v) is 2.55. The zero-order valence-corrected chi connectivity index (χ0v) is 10.2. The van der Waals surface area contributed by atoms with Crippen molar-refractivity contribution in [2.24, 2.45) is 11.7 Å². The number of ether oxygens (including phenoxy) is 1. The largest absolute Gasteiger partial charge is 0.496 e. The molecule has 17 heavy (non-hydrogen) atoms. The fraction of sp³-hybridized carbons (Fsp3) is 0.500. The molecular weight excluding hydrogens is 214 g/mol. The van der Waals surface area contributed by atoms with Gasteiger partial charge in [0, 0.05) is 23.9 Å². The van der Waals surface area contributed by atoms with Crippen LogP contribution >= 0.6 is 0 Å². The normalized spacial score (nSPS) is 22.2. The van der Waals surface area contributed by atoms with Crippen LogP contribution in [0.3, 0.4) is 0 Å². The molecule has 0 saturated heterocycles. The summed E-state index contributed by atoms with van der Waals surface area (Å²) < 4.78 is 5.30. The van der Waals surface area contributed by atoms with E-state index in [0.717, 1.165) is 30.6 Å². The van der Waals surface area contributed by atoms with Gasteiger partial charge >= 0.3 is 0 Å². The highest BCUT2D eigenvalue weighted by molar-refractivity contribution is 5.82. The Morgan fingerprint density at radius 3 is 2.82 bits per heavy atom. The van der Waals surface area contributed by atoms with E-state index in [1.807, 2.05) is 24.3 Å². The van der Waals surface area contributed by atoms with E-state index in [1.165, 1.54) is 0 Å².